The van der Waals surface area contributed by atoms with Crippen LogP contribution in [0.15, 0.2) is 29.0 Å². The maximum atomic E-state index is 9.04. The van der Waals surface area contributed by atoms with E-state index in [1.807, 2.05) is 18.2 Å². The van der Waals surface area contributed by atoms with E-state index in [1.165, 1.54) is 6.33 Å². The fraction of sp³-hybridized carbons (Fsp3) is 0.0833. The predicted octanol–water partition coefficient (Wildman–Crippen LogP) is 3.52. The van der Waals surface area contributed by atoms with Crippen LogP contribution < -0.4 is 10.1 Å². The molecule has 1 aromatic heterocycles. The fourth-order valence-corrected chi connectivity index (χ4v) is 2.02. The van der Waals surface area contributed by atoms with Crippen molar-refractivity contribution in [2.45, 2.75) is 0 Å². The number of halogens is 2. The monoisotopic (exact) mass is 338 g/mol. The van der Waals surface area contributed by atoms with Crippen molar-refractivity contribution >= 4 is 39.0 Å². The summed E-state index contributed by atoms with van der Waals surface area (Å²) in [5.74, 6) is 1.02. The Hall–Kier alpha value is -1.84. The third kappa shape index (κ3) is 2.95. The van der Waals surface area contributed by atoms with E-state index in [2.05, 4.69) is 31.2 Å². The van der Waals surface area contributed by atoms with E-state index in [-0.39, 0.29) is 10.7 Å². The van der Waals surface area contributed by atoms with Gasteiger partial charge in [-0.3, -0.25) is 0 Å². The zero-order valence-corrected chi connectivity index (χ0v) is 12.2. The van der Waals surface area contributed by atoms with Crippen molar-refractivity contribution in [3.8, 4) is 11.8 Å². The number of rotatable bonds is 3. The maximum Gasteiger partial charge on any atom is 0.153 e. The highest BCUT2D eigenvalue weighted by molar-refractivity contribution is 9.10. The largest absolute Gasteiger partial charge is 0.495 e. The third-order valence-electron chi connectivity index (χ3n) is 2.33. The van der Waals surface area contributed by atoms with E-state index < -0.39 is 0 Å². The number of hydrogen-bond acceptors (Lipinski definition) is 5. The van der Waals surface area contributed by atoms with Crippen LogP contribution in [0.5, 0.6) is 5.75 Å². The van der Waals surface area contributed by atoms with Crippen LogP contribution in [0.1, 0.15) is 5.56 Å². The van der Waals surface area contributed by atoms with Gasteiger partial charge in [0.05, 0.1) is 11.6 Å². The number of nitrogens with zero attached hydrogens (tertiary/aromatic N) is 3. The molecule has 0 aliphatic rings. The minimum absolute atomic E-state index is 0.115. The Kier molecular flexibility index (Phi) is 4.20. The topological polar surface area (TPSA) is 70.8 Å². The number of nitrogens with one attached hydrogen (secondary N) is 1. The summed E-state index contributed by atoms with van der Waals surface area (Å²) in [6.45, 7) is 0. The van der Waals surface area contributed by atoms with Crippen LogP contribution in [-0.2, 0) is 0 Å². The second kappa shape index (κ2) is 5.87. The Morgan fingerprint density at radius 3 is 2.89 bits per heavy atom. The molecule has 0 saturated heterocycles. The Labute approximate surface area is 123 Å². The Bertz CT molecular complexity index is 657. The summed E-state index contributed by atoms with van der Waals surface area (Å²) in [6, 6.07) is 7.40. The molecule has 5 nitrogen and oxygen atoms in total. The molecular weight excluding hydrogens is 332 g/mol. The van der Waals surface area contributed by atoms with Gasteiger partial charge in [0.1, 0.15) is 23.7 Å². The molecule has 0 amide bonds. The maximum absolute atomic E-state index is 9.04. The normalized spacial score (nSPS) is 9.79. The molecule has 0 fully saturated rings. The number of anilines is 2. The molecule has 1 aromatic carbocycles. The molecule has 7 heteroatoms. The minimum atomic E-state index is 0.115. The van der Waals surface area contributed by atoms with Gasteiger partial charge in [0.2, 0.25) is 0 Å². The standard InChI is InChI=1S/C12H8BrClN4O/c1-19-10-4-7(2-3-9(10)13)18-12-8(5-15)11(14)16-6-17-12/h2-4,6H,1H3,(H,16,17,18). The number of hydrogen-bond donors (Lipinski definition) is 1. The van der Waals surface area contributed by atoms with Crippen molar-refractivity contribution in [1.82, 2.24) is 9.97 Å². The van der Waals surface area contributed by atoms with Crippen molar-refractivity contribution in [2.24, 2.45) is 0 Å². The van der Waals surface area contributed by atoms with Crippen molar-refractivity contribution < 1.29 is 4.74 Å². The van der Waals surface area contributed by atoms with Crippen LogP contribution in [0.2, 0.25) is 5.15 Å². The number of nitriles is 1. The van der Waals surface area contributed by atoms with Gasteiger partial charge in [0, 0.05) is 11.8 Å². The lowest BCUT2D eigenvalue weighted by molar-refractivity contribution is 0.412. The average molecular weight is 340 g/mol. The zero-order chi connectivity index (χ0) is 13.8. The summed E-state index contributed by atoms with van der Waals surface area (Å²) in [5.41, 5.74) is 0.928. The van der Waals surface area contributed by atoms with Gasteiger partial charge in [-0.2, -0.15) is 5.26 Å². The van der Waals surface area contributed by atoms with E-state index in [0.717, 1.165) is 10.2 Å². The molecule has 1 N–H and O–H groups in total. The van der Waals surface area contributed by atoms with Crippen molar-refractivity contribution in [2.75, 3.05) is 12.4 Å². The second-order valence-corrected chi connectivity index (χ2v) is 4.69. The molecule has 19 heavy (non-hydrogen) atoms. The van der Waals surface area contributed by atoms with E-state index >= 15 is 0 Å². The van der Waals surface area contributed by atoms with E-state index in [1.54, 1.807) is 13.2 Å². The Morgan fingerprint density at radius 2 is 2.21 bits per heavy atom. The lowest BCUT2D eigenvalue weighted by Crippen LogP contribution is -1.99. The molecule has 0 radical (unpaired) electrons. The van der Waals surface area contributed by atoms with Crippen LogP contribution in [-0.4, -0.2) is 17.1 Å². The fourth-order valence-electron chi connectivity index (χ4n) is 1.43. The summed E-state index contributed by atoms with van der Waals surface area (Å²) in [5, 5.41) is 12.2. The summed E-state index contributed by atoms with van der Waals surface area (Å²) >= 11 is 9.20. The smallest absolute Gasteiger partial charge is 0.153 e. The van der Waals surface area contributed by atoms with Crippen LogP contribution >= 0.6 is 27.5 Å². The third-order valence-corrected chi connectivity index (χ3v) is 3.27. The van der Waals surface area contributed by atoms with Crippen LogP contribution in [0.25, 0.3) is 0 Å². The van der Waals surface area contributed by atoms with Crippen LogP contribution in [0.3, 0.4) is 0 Å². The van der Waals surface area contributed by atoms with Gasteiger partial charge in [-0.25, -0.2) is 9.97 Å². The Morgan fingerprint density at radius 1 is 1.42 bits per heavy atom. The first-order chi connectivity index (χ1) is 9.15. The van der Waals surface area contributed by atoms with Crippen LogP contribution in [0, 0.1) is 11.3 Å². The molecule has 0 atom stereocenters. The van der Waals surface area contributed by atoms with Gasteiger partial charge in [0.25, 0.3) is 0 Å². The molecule has 0 bridgehead atoms. The highest BCUT2D eigenvalue weighted by Gasteiger charge is 2.10. The molecule has 1 heterocycles. The zero-order valence-electron chi connectivity index (χ0n) is 9.82. The molecule has 2 aromatic rings. The highest BCUT2D eigenvalue weighted by atomic mass is 79.9. The first kappa shape index (κ1) is 13.6. The number of methoxy groups -OCH3 is 1. The van der Waals surface area contributed by atoms with Gasteiger partial charge in [-0.05, 0) is 28.1 Å². The summed E-state index contributed by atoms with van der Waals surface area (Å²) in [6.07, 6.45) is 1.29. The number of ether oxygens (including phenoxy) is 1. The van der Waals surface area contributed by atoms with E-state index in [9.17, 15) is 0 Å². The molecule has 0 aliphatic carbocycles. The lowest BCUT2D eigenvalue weighted by atomic mass is 10.2. The first-order valence-corrected chi connectivity index (χ1v) is 6.34. The molecular formula is C12H8BrClN4O. The summed E-state index contributed by atoms with van der Waals surface area (Å²) in [4.78, 5) is 7.76. The van der Waals surface area contributed by atoms with Gasteiger partial charge < -0.3 is 10.1 Å². The molecule has 0 saturated carbocycles. The van der Waals surface area contributed by atoms with Gasteiger partial charge in [-0.1, -0.05) is 11.6 Å². The quantitative estimate of drug-likeness (QED) is 0.866. The molecule has 0 spiro atoms. The predicted molar refractivity (Wildman–Crippen MR) is 75.7 cm³/mol. The lowest BCUT2D eigenvalue weighted by Gasteiger charge is -2.10. The Balaban J connectivity index is 2.37. The van der Waals surface area contributed by atoms with Gasteiger partial charge in [0.15, 0.2) is 11.0 Å². The molecule has 0 unspecified atom stereocenters. The number of benzene rings is 1. The highest BCUT2D eigenvalue weighted by Crippen LogP contribution is 2.30. The van der Waals surface area contributed by atoms with Gasteiger partial charge in [-0.15, -0.1) is 0 Å². The van der Waals surface area contributed by atoms with E-state index in [0.29, 0.717) is 11.6 Å². The van der Waals surface area contributed by atoms with Gasteiger partial charge >= 0.3 is 0 Å². The molecule has 96 valence electrons. The molecule has 2 rings (SSSR count). The first-order valence-electron chi connectivity index (χ1n) is 5.17. The van der Waals surface area contributed by atoms with Crippen molar-refractivity contribution in [3.05, 3.63) is 39.7 Å². The molecule has 0 aliphatic heterocycles. The summed E-state index contributed by atoms with van der Waals surface area (Å²) in [7, 11) is 1.58. The van der Waals surface area contributed by atoms with E-state index in [4.69, 9.17) is 21.6 Å². The number of aromatic nitrogens is 2. The SMILES string of the molecule is COc1cc(Nc2ncnc(Cl)c2C#N)ccc1Br. The summed E-state index contributed by atoms with van der Waals surface area (Å²) < 4.78 is 6.03. The average Bonchev–Trinajstić information content (AvgIpc) is 2.41. The minimum Gasteiger partial charge on any atom is -0.495 e. The second-order valence-electron chi connectivity index (χ2n) is 3.47. The van der Waals surface area contributed by atoms with Crippen molar-refractivity contribution in [1.29, 1.82) is 5.26 Å². The van der Waals surface area contributed by atoms with Crippen molar-refractivity contribution in [3.63, 3.8) is 0 Å². The van der Waals surface area contributed by atoms with Crippen LogP contribution in [0.4, 0.5) is 11.5 Å².